The number of aromatic hydroxyl groups is 1. The summed E-state index contributed by atoms with van der Waals surface area (Å²) in [4.78, 5) is 0. The SMILES string of the molecule is COc1ccc(-c2cc(F)c3c(Cl)c(O)ccc3c2)cc1. The first kappa shape index (κ1) is 13.7. The Morgan fingerprint density at radius 2 is 1.71 bits per heavy atom. The fourth-order valence-electron chi connectivity index (χ4n) is 2.31. The molecule has 3 aromatic carbocycles. The van der Waals surface area contributed by atoms with Crippen LogP contribution in [-0.2, 0) is 0 Å². The lowest BCUT2D eigenvalue weighted by molar-refractivity contribution is 0.415. The molecule has 0 heterocycles. The maximum atomic E-state index is 14.3. The Labute approximate surface area is 126 Å². The average molecular weight is 303 g/mol. The summed E-state index contributed by atoms with van der Waals surface area (Å²) in [5.41, 5.74) is 1.62. The zero-order valence-electron chi connectivity index (χ0n) is 11.2. The van der Waals surface area contributed by atoms with E-state index in [1.807, 2.05) is 30.3 Å². The molecule has 106 valence electrons. The monoisotopic (exact) mass is 302 g/mol. The van der Waals surface area contributed by atoms with Gasteiger partial charge in [0.1, 0.15) is 17.3 Å². The van der Waals surface area contributed by atoms with E-state index in [0.29, 0.717) is 5.39 Å². The van der Waals surface area contributed by atoms with Crippen LogP contribution in [0.5, 0.6) is 11.5 Å². The van der Waals surface area contributed by atoms with Gasteiger partial charge in [-0.2, -0.15) is 0 Å². The van der Waals surface area contributed by atoms with Crippen molar-refractivity contribution in [3.05, 3.63) is 59.4 Å². The highest BCUT2D eigenvalue weighted by molar-refractivity contribution is 6.37. The molecule has 0 spiro atoms. The molecule has 0 radical (unpaired) electrons. The van der Waals surface area contributed by atoms with Crippen LogP contribution in [-0.4, -0.2) is 12.2 Å². The van der Waals surface area contributed by atoms with E-state index in [1.54, 1.807) is 13.2 Å². The maximum Gasteiger partial charge on any atom is 0.134 e. The molecule has 4 heteroatoms. The first-order valence-electron chi connectivity index (χ1n) is 6.35. The molecule has 0 aliphatic rings. The first-order valence-corrected chi connectivity index (χ1v) is 6.73. The number of phenols is 1. The van der Waals surface area contributed by atoms with E-state index < -0.39 is 5.82 Å². The van der Waals surface area contributed by atoms with Gasteiger partial charge in [-0.1, -0.05) is 29.8 Å². The van der Waals surface area contributed by atoms with Gasteiger partial charge in [-0.15, -0.1) is 0 Å². The van der Waals surface area contributed by atoms with Crippen LogP contribution in [0.1, 0.15) is 0 Å². The summed E-state index contributed by atoms with van der Waals surface area (Å²) in [5, 5.41) is 10.5. The van der Waals surface area contributed by atoms with E-state index >= 15 is 0 Å². The van der Waals surface area contributed by atoms with Crippen LogP contribution in [0.25, 0.3) is 21.9 Å². The van der Waals surface area contributed by atoms with Gasteiger partial charge in [-0.3, -0.25) is 0 Å². The summed E-state index contributed by atoms with van der Waals surface area (Å²) < 4.78 is 19.4. The third-order valence-electron chi connectivity index (χ3n) is 3.41. The van der Waals surface area contributed by atoms with Gasteiger partial charge < -0.3 is 9.84 Å². The van der Waals surface area contributed by atoms with Gasteiger partial charge in [0.2, 0.25) is 0 Å². The molecule has 2 nitrogen and oxygen atoms in total. The highest BCUT2D eigenvalue weighted by Crippen LogP contribution is 2.36. The number of benzene rings is 3. The van der Waals surface area contributed by atoms with Gasteiger partial charge >= 0.3 is 0 Å². The quantitative estimate of drug-likeness (QED) is 0.720. The summed E-state index contributed by atoms with van der Waals surface area (Å²) >= 11 is 5.96. The maximum absolute atomic E-state index is 14.3. The highest BCUT2D eigenvalue weighted by atomic mass is 35.5. The van der Waals surface area contributed by atoms with Gasteiger partial charge in [0.15, 0.2) is 0 Å². The number of ether oxygens (including phenoxy) is 1. The molecule has 0 saturated heterocycles. The normalized spacial score (nSPS) is 10.8. The minimum atomic E-state index is -0.459. The molecule has 3 rings (SSSR count). The van der Waals surface area contributed by atoms with Crippen molar-refractivity contribution in [3.8, 4) is 22.6 Å². The number of halogens is 2. The average Bonchev–Trinajstić information content (AvgIpc) is 2.50. The lowest BCUT2D eigenvalue weighted by Crippen LogP contribution is -1.87. The molecule has 1 N–H and O–H groups in total. The fraction of sp³-hybridized carbons (Fsp3) is 0.0588. The van der Waals surface area contributed by atoms with Crippen LogP contribution in [0.3, 0.4) is 0 Å². The molecule has 0 aliphatic heterocycles. The Morgan fingerprint density at radius 1 is 1.00 bits per heavy atom. The van der Waals surface area contributed by atoms with Crippen LogP contribution >= 0.6 is 11.6 Å². The third kappa shape index (κ3) is 2.41. The van der Waals surface area contributed by atoms with Crippen LogP contribution < -0.4 is 4.74 Å². The molecule has 0 bridgehead atoms. The van der Waals surface area contributed by atoms with Crippen LogP contribution in [0.4, 0.5) is 4.39 Å². The molecule has 0 fully saturated rings. The smallest absolute Gasteiger partial charge is 0.134 e. The Bertz CT molecular complexity index is 813. The molecule has 3 aromatic rings. The van der Waals surface area contributed by atoms with Gasteiger partial charge in [0, 0.05) is 5.39 Å². The van der Waals surface area contributed by atoms with E-state index in [1.165, 1.54) is 12.1 Å². The largest absolute Gasteiger partial charge is 0.506 e. The summed E-state index contributed by atoms with van der Waals surface area (Å²) in [5.74, 6) is 0.160. The second kappa shape index (κ2) is 5.26. The van der Waals surface area contributed by atoms with Crippen molar-refractivity contribution in [1.82, 2.24) is 0 Å². The van der Waals surface area contributed by atoms with Crippen molar-refractivity contribution in [3.63, 3.8) is 0 Å². The van der Waals surface area contributed by atoms with Crippen molar-refractivity contribution < 1.29 is 14.2 Å². The summed E-state index contributed by atoms with van der Waals surface area (Å²) in [7, 11) is 1.60. The molecule has 0 saturated carbocycles. The van der Waals surface area contributed by atoms with Gasteiger partial charge in [-0.25, -0.2) is 4.39 Å². The van der Waals surface area contributed by atoms with Crippen LogP contribution in [0.2, 0.25) is 5.02 Å². The number of phenolic OH excluding ortho intramolecular Hbond substituents is 1. The summed E-state index contributed by atoms with van der Waals surface area (Å²) in [6.07, 6.45) is 0. The Kier molecular flexibility index (Phi) is 3.43. The summed E-state index contributed by atoms with van der Waals surface area (Å²) in [6, 6.07) is 13.7. The lowest BCUT2D eigenvalue weighted by atomic mass is 10.0. The molecular weight excluding hydrogens is 291 g/mol. The number of methoxy groups -OCH3 is 1. The van der Waals surface area contributed by atoms with Crippen molar-refractivity contribution in [1.29, 1.82) is 0 Å². The predicted octanol–water partition coefficient (Wildman–Crippen LogP) is 5.01. The van der Waals surface area contributed by atoms with Crippen LogP contribution in [0.15, 0.2) is 48.5 Å². The van der Waals surface area contributed by atoms with E-state index in [0.717, 1.165) is 16.9 Å². The minimum absolute atomic E-state index is 0.0336. The topological polar surface area (TPSA) is 29.5 Å². The number of rotatable bonds is 2. The van der Waals surface area contributed by atoms with Crippen LogP contribution in [0, 0.1) is 5.82 Å². The molecular formula is C17H12ClFO2. The fourth-order valence-corrected chi connectivity index (χ4v) is 2.57. The molecule has 0 aromatic heterocycles. The molecule has 0 unspecified atom stereocenters. The van der Waals surface area contributed by atoms with Crippen molar-refractivity contribution in [2.24, 2.45) is 0 Å². The molecule has 0 amide bonds. The molecule has 0 atom stereocenters. The minimum Gasteiger partial charge on any atom is -0.506 e. The Hall–Kier alpha value is -2.26. The number of hydrogen-bond acceptors (Lipinski definition) is 2. The van der Waals surface area contributed by atoms with E-state index in [-0.39, 0.29) is 16.2 Å². The Balaban J connectivity index is 2.18. The van der Waals surface area contributed by atoms with Crippen molar-refractivity contribution in [2.75, 3.05) is 7.11 Å². The van der Waals surface area contributed by atoms with Crippen molar-refractivity contribution >= 4 is 22.4 Å². The number of fused-ring (bicyclic) bond motifs is 1. The number of hydrogen-bond donors (Lipinski definition) is 1. The van der Waals surface area contributed by atoms with Gasteiger partial charge in [0.25, 0.3) is 0 Å². The summed E-state index contributed by atoms with van der Waals surface area (Å²) in [6.45, 7) is 0. The van der Waals surface area contributed by atoms with Gasteiger partial charge in [-0.05, 0) is 46.8 Å². The van der Waals surface area contributed by atoms with E-state index in [4.69, 9.17) is 16.3 Å². The zero-order chi connectivity index (χ0) is 15.0. The molecule has 21 heavy (non-hydrogen) atoms. The highest BCUT2D eigenvalue weighted by Gasteiger charge is 2.11. The zero-order valence-corrected chi connectivity index (χ0v) is 12.0. The first-order chi connectivity index (χ1) is 10.1. The Morgan fingerprint density at radius 3 is 2.38 bits per heavy atom. The second-order valence-electron chi connectivity index (χ2n) is 4.68. The third-order valence-corrected chi connectivity index (χ3v) is 3.79. The van der Waals surface area contributed by atoms with Gasteiger partial charge in [0.05, 0.1) is 12.1 Å². The molecule has 0 aliphatic carbocycles. The van der Waals surface area contributed by atoms with E-state index in [2.05, 4.69) is 0 Å². The van der Waals surface area contributed by atoms with Crippen molar-refractivity contribution in [2.45, 2.75) is 0 Å². The predicted molar refractivity (Wildman–Crippen MR) is 82.6 cm³/mol. The van der Waals surface area contributed by atoms with E-state index in [9.17, 15) is 9.50 Å². The second-order valence-corrected chi connectivity index (χ2v) is 5.06. The lowest BCUT2D eigenvalue weighted by Gasteiger charge is -2.09. The standard InChI is InChI=1S/C17H12ClFO2/c1-21-13-5-2-10(3-6-13)12-8-11-4-7-15(20)17(18)16(11)14(19)9-12/h2-9,20H,1H3.